The summed E-state index contributed by atoms with van der Waals surface area (Å²) in [4.78, 5) is 12.7. The largest absolute Gasteiger partial charge is 0.505 e. The molecule has 0 aliphatic carbocycles. The number of carbonyl (C=O) groups is 1. The lowest BCUT2D eigenvalue weighted by molar-refractivity contribution is -0.117. The Morgan fingerprint density at radius 1 is 1.11 bits per heavy atom. The van der Waals surface area contributed by atoms with Gasteiger partial charge in [0.25, 0.3) is 15.9 Å². The third kappa shape index (κ3) is 2.89. The Bertz CT molecular complexity index is 1110. The third-order valence-corrected chi connectivity index (χ3v) is 6.46. The molecule has 0 fully saturated rings. The van der Waals surface area contributed by atoms with Crippen LogP contribution in [0.15, 0.2) is 70.3 Å². The standard InChI is InChI=1S/C19H18N4O4S/c1-22-17(18(24)14-9-5-6-10-15(14)28(22,26)27)19(25)20-16-11-12-23(21-16)13-7-3-2-4-8-13/h2-10,24H,11-12H2,1H3,(H,20,21,25). The van der Waals surface area contributed by atoms with Gasteiger partial charge in [-0.3, -0.25) is 14.1 Å². The number of nitrogens with one attached hydrogen (secondary N) is 1. The number of amides is 1. The van der Waals surface area contributed by atoms with Crippen LogP contribution in [0.5, 0.6) is 0 Å². The summed E-state index contributed by atoms with van der Waals surface area (Å²) in [5, 5.41) is 19.3. The van der Waals surface area contributed by atoms with Crippen molar-refractivity contribution in [1.29, 1.82) is 0 Å². The number of aliphatic hydroxyl groups excluding tert-OH is 1. The van der Waals surface area contributed by atoms with Crippen LogP contribution in [0.4, 0.5) is 5.69 Å². The molecule has 28 heavy (non-hydrogen) atoms. The van der Waals surface area contributed by atoms with E-state index >= 15 is 0 Å². The molecule has 0 atom stereocenters. The number of likely N-dealkylation sites (N-methyl/N-ethyl adjacent to an activating group) is 1. The van der Waals surface area contributed by atoms with Gasteiger partial charge in [-0.2, -0.15) is 5.10 Å². The predicted molar refractivity (Wildman–Crippen MR) is 105 cm³/mol. The summed E-state index contributed by atoms with van der Waals surface area (Å²) in [5.74, 6) is -0.713. The van der Waals surface area contributed by atoms with Crippen molar-refractivity contribution in [3.05, 3.63) is 65.9 Å². The van der Waals surface area contributed by atoms with E-state index in [4.69, 9.17) is 0 Å². The number of aliphatic hydroxyl groups is 1. The second-order valence-electron chi connectivity index (χ2n) is 6.38. The molecule has 144 valence electrons. The Morgan fingerprint density at radius 2 is 1.79 bits per heavy atom. The van der Waals surface area contributed by atoms with Crippen LogP contribution in [0, 0.1) is 0 Å². The number of carbonyl (C=O) groups excluding carboxylic acids is 1. The SMILES string of the molecule is CN1C(C(=O)NC2=NN(c3ccccc3)CC2)=C(O)c2ccccc2S1(=O)=O. The molecule has 0 bridgehead atoms. The number of rotatable bonds is 2. The van der Waals surface area contributed by atoms with Crippen molar-refractivity contribution >= 4 is 33.2 Å². The molecule has 2 N–H and O–H groups in total. The normalized spacial score (nSPS) is 18.0. The lowest BCUT2D eigenvalue weighted by atomic mass is 10.1. The van der Waals surface area contributed by atoms with Gasteiger partial charge in [-0.05, 0) is 24.3 Å². The smallest absolute Gasteiger partial charge is 0.277 e. The van der Waals surface area contributed by atoms with E-state index < -0.39 is 15.9 Å². The molecule has 2 aromatic rings. The molecule has 4 rings (SSSR count). The second-order valence-corrected chi connectivity index (χ2v) is 8.31. The molecule has 1 amide bonds. The maximum absolute atomic E-state index is 12.8. The van der Waals surface area contributed by atoms with Crippen molar-refractivity contribution in [3.8, 4) is 0 Å². The first-order valence-corrected chi connectivity index (χ1v) is 10.1. The summed E-state index contributed by atoms with van der Waals surface area (Å²) in [6.07, 6.45) is 0.488. The number of sulfonamides is 1. The number of benzene rings is 2. The maximum Gasteiger partial charge on any atom is 0.277 e. The van der Waals surface area contributed by atoms with Crippen LogP contribution in [0.2, 0.25) is 0 Å². The molecule has 2 aliphatic rings. The minimum absolute atomic E-state index is 0.0417. The molecular weight excluding hydrogens is 380 g/mol. The first-order chi connectivity index (χ1) is 13.4. The Labute approximate surface area is 162 Å². The lowest BCUT2D eigenvalue weighted by Gasteiger charge is -2.28. The van der Waals surface area contributed by atoms with Crippen LogP contribution in [-0.2, 0) is 14.8 Å². The van der Waals surface area contributed by atoms with Gasteiger partial charge in [-0.15, -0.1) is 0 Å². The molecule has 2 aliphatic heterocycles. The van der Waals surface area contributed by atoms with Crippen molar-refractivity contribution < 1.29 is 18.3 Å². The quantitative estimate of drug-likeness (QED) is 0.804. The summed E-state index contributed by atoms with van der Waals surface area (Å²) in [7, 11) is -2.69. The Hall–Kier alpha value is -3.33. The van der Waals surface area contributed by atoms with E-state index in [2.05, 4.69) is 10.4 Å². The summed E-state index contributed by atoms with van der Waals surface area (Å²) in [6, 6.07) is 15.5. The van der Waals surface area contributed by atoms with E-state index in [1.54, 1.807) is 17.1 Å². The number of anilines is 1. The number of fused-ring (bicyclic) bond motifs is 1. The third-order valence-electron chi connectivity index (χ3n) is 4.65. The van der Waals surface area contributed by atoms with Crippen molar-refractivity contribution in [2.24, 2.45) is 5.10 Å². The number of hydrogen-bond donors (Lipinski definition) is 2. The second kappa shape index (κ2) is 6.68. The Morgan fingerprint density at radius 3 is 2.54 bits per heavy atom. The van der Waals surface area contributed by atoms with Crippen molar-refractivity contribution in [2.75, 3.05) is 18.6 Å². The van der Waals surface area contributed by atoms with Crippen LogP contribution >= 0.6 is 0 Å². The summed E-state index contributed by atoms with van der Waals surface area (Å²) >= 11 is 0. The first kappa shape index (κ1) is 18.1. The van der Waals surface area contributed by atoms with Crippen LogP contribution < -0.4 is 10.3 Å². The Balaban J connectivity index is 1.64. The predicted octanol–water partition coefficient (Wildman–Crippen LogP) is 1.89. The number of hydrogen-bond acceptors (Lipinski definition) is 6. The molecule has 0 spiro atoms. The van der Waals surface area contributed by atoms with Crippen LogP contribution in [-0.4, -0.2) is 43.2 Å². The van der Waals surface area contributed by atoms with Gasteiger partial charge in [0.1, 0.15) is 5.84 Å². The maximum atomic E-state index is 12.8. The minimum atomic E-state index is -3.93. The van der Waals surface area contributed by atoms with Crippen LogP contribution in [0.3, 0.4) is 0 Å². The topological polar surface area (TPSA) is 102 Å². The summed E-state index contributed by atoms with van der Waals surface area (Å²) in [6.45, 7) is 0.585. The molecule has 0 saturated carbocycles. The van der Waals surface area contributed by atoms with Gasteiger partial charge in [0, 0.05) is 25.6 Å². The monoisotopic (exact) mass is 398 g/mol. The van der Waals surface area contributed by atoms with E-state index in [-0.39, 0.29) is 21.9 Å². The van der Waals surface area contributed by atoms with Crippen molar-refractivity contribution in [3.63, 3.8) is 0 Å². The van der Waals surface area contributed by atoms with Gasteiger partial charge in [0.05, 0.1) is 10.6 Å². The highest BCUT2D eigenvalue weighted by Gasteiger charge is 2.38. The number of amidine groups is 1. The molecule has 2 heterocycles. The van der Waals surface area contributed by atoms with Crippen molar-refractivity contribution in [1.82, 2.24) is 9.62 Å². The molecule has 0 unspecified atom stereocenters. The average Bonchev–Trinajstić information content (AvgIpc) is 3.16. The van der Waals surface area contributed by atoms with Gasteiger partial charge in [-0.1, -0.05) is 30.3 Å². The zero-order valence-electron chi connectivity index (χ0n) is 15.0. The molecule has 8 nitrogen and oxygen atoms in total. The molecule has 0 saturated heterocycles. The van der Waals surface area contributed by atoms with Crippen LogP contribution in [0.1, 0.15) is 12.0 Å². The van der Waals surface area contributed by atoms with Crippen molar-refractivity contribution in [2.45, 2.75) is 11.3 Å². The fourth-order valence-electron chi connectivity index (χ4n) is 3.20. The van der Waals surface area contributed by atoms with E-state index in [0.29, 0.717) is 18.8 Å². The molecule has 0 radical (unpaired) electrons. The highest BCUT2D eigenvalue weighted by Crippen LogP contribution is 2.34. The summed E-state index contributed by atoms with van der Waals surface area (Å²) < 4.78 is 26.2. The molecule has 9 heteroatoms. The van der Waals surface area contributed by atoms with Crippen LogP contribution in [0.25, 0.3) is 5.76 Å². The molecule has 0 aromatic heterocycles. The van der Waals surface area contributed by atoms with Gasteiger partial charge in [0.15, 0.2) is 11.5 Å². The number of para-hydroxylation sites is 1. The highest BCUT2D eigenvalue weighted by atomic mass is 32.2. The van der Waals surface area contributed by atoms with E-state index in [0.717, 1.165) is 9.99 Å². The number of nitrogens with zero attached hydrogens (tertiary/aromatic N) is 3. The van der Waals surface area contributed by atoms with Gasteiger partial charge >= 0.3 is 0 Å². The zero-order valence-corrected chi connectivity index (χ0v) is 15.8. The van der Waals surface area contributed by atoms with Gasteiger partial charge < -0.3 is 10.4 Å². The van der Waals surface area contributed by atoms with Gasteiger partial charge in [-0.25, -0.2) is 8.42 Å². The van der Waals surface area contributed by atoms with E-state index in [9.17, 15) is 18.3 Å². The molecular formula is C19H18N4O4S. The zero-order chi connectivity index (χ0) is 19.9. The number of hydrazone groups is 1. The fraction of sp³-hybridized carbons (Fsp3) is 0.158. The summed E-state index contributed by atoms with van der Waals surface area (Å²) in [5.41, 5.74) is 0.657. The molecule has 2 aromatic carbocycles. The van der Waals surface area contributed by atoms with E-state index in [1.165, 1.54) is 19.2 Å². The lowest BCUT2D eigenvalue weighted by Crippen LogP contribution is -2.41. The highest BCUT2D eigenvalue weighted by molar-refractivity contribution is 7.89. The Kier molecular flexibility index (Phi) is 4.31. The fourth-order valence-corrected chi connectivity index (χ4v) is 4.60. The van der Waals surface area contributed by atoms with E-state index in [1.807, 2.05) is 30.3 Å². The minimum Gasteiger partial charge on any atom is -0.505 e. The average molecular weight is 398 g/mol. The first-order valence-electron chi connectivity index (χ1n) is 8.62. The van der Waals surface area contributed by atoms with Gasteiger partial charge in [0.2, 0.25) is 0 Å².